The molecule has 4 heteroatoms. The summed E-state index contributed by atoms with van der Waals surface area (Å²) >= 11 is 0. The number of rotatable bonds is 4. The largest absolute Gasteiger partial charge is 0.245 e. The Balaban J connectivity index is 2.21. The third-order valence-corrected chi connectivity index (χ3v) is 3.44. The molecule has 1 fully saturated rings. The first-order valence-electron chi connectivity index (χ1n) is 5.36. The summed E-state index contributed by atoms with van der Waals surface area (Å²) in [7, 11) is -2.36. The average molecular weight is 218 g/mol. The Hall–Kier alpha value is -0.0900. The Kier molecular flexibility index (Phi) is 3.95. The summed E-state index contributed by atoms with van der Waals surface area (Å²) in [6.07, 6.45) is 6.28. The van der Waals surface area contributed by atoms with Gasteiger partial charge in [-0.3, -0.25) is 0 Å². The van der Waals surface area contributed by atoms with Crippen molar-refractivity contribution in [1.82, 2.24) is 0 Å². The molecular formula is C10H22N2OS. The lowest BCUT2D eigenvalue weighted by atomic mass is 9.77. The molecule has 0 saturated heterocycles. The van der Waals surface area contributed by atoms with Gasteiger partial charge in [-0.15, -0.1) is 0 Å². The van der Waals surface area contributed by atoms with Crippen molar-refractivity contribution in [1.29, 1.82) is 0 Å². The van der Waals surface area contributed by atoms with Crippen LogP contribution in [0.1, 0.15) is 39.5 Å². The summed E-state index contributed by atoms with van der Waals surface area (Å²) in [4.78, 5) is 0. The zero-order valence-electron chi connectivity index (χ0n) is 9.40. The van der Waals surface area contributed by atoms with E-state index in [9.17, 15) is 4.21 Å². The van der Waals surface area contributed by atoms with Crippen molar-refractivity contribution in [3.8, 4) is 0 Å². The molecule has 0 aromatic carbocycles. The Morgan fingerprint density at radius 2 is 2.07 bits per heavy atom. The summed E-state index contributed by atoms with van der Waals surface area (Å²) in [5, 5.41) is 5.37. The summed E-state index contributed by atoms with van der Waals surface area (Å²) in [6, 6.07) is 0.273. The van der Waals surface area contributed by atoms with Crippen molar-refractivity contribution >= 4 is 9.92 Å². The van der Waals surface area contributed by atoms with Gasteiger partial charge in [-0.1, -0.05) is 26.7 Å². The molecule has 0 bridgehead atoms. The molecule has 1 rings (SSSR count). The highest BCUT2D eigenvalue weighted by Crippen LogP contribution is 2.34. The first kappa shape index (κ1) is 12.0. The van der Waals surface area contributed by atoms with Crippen LogP contribution in [-0.4, -0.2) is 16.5 Å². The molecule has 84 valence electrons. The third-order valence-electron chi connectivity index (χ3n) is 2.72. The Morgan fingerprint density at radius 1 is 1.50 bits per heavy atom. The van der Waals surface area contributed by atoms with Crippen LogP contribution in [0.3, 0.4) is 0 Å². The van der Waals surface area contributed by atoms with Gasteiger partial charge >= 0.3 is 0 Å². The van der Waals surface area contributed by atoms with E-state index in [0.717, 1.165) is 24.7 Å². The van der Waals surface area contributed by atoms with E-state index in [2.05, 4.69) is 18.2 Å². The lowest BCUT2D eigenvalue weighted by molar-refractivity contribution is 0.239. The van der Waals surface area contributed by atoms with Crippen LogP contribution in [0.25, 0.3) is 0 Å². The molecule has 0 radical (unpaired) electrons. The van der Waals surface area contributed by atoms with Crippen LogP contribution in [0.15, 0.2) is 4.36 Å². The third kappa shape index (κ3) is 4.42. The smallest absolute Gasteiger partial charge is 0.102 e. The van der Waals surface area contributed by atoms with Gasteiger partial charge in [-0.05, 0) is 24.7 Å². The highest BCUT2D eigenvalue weighted by molar-refractivity contribution is 7.90. The summed E-state index contributed by atoms with van der Waals surface area (Å²) < 4.78 is 15.3. The van der Waals surface area contributed by atoms with Crippen LogP contribution in [-0.2, 0) is 9.92 Å². The van der Waals surface area contributed by atoms with E-state index in [1.807, 2.05) is 0 Å². The lowest BCUT2D eigenvalue weighted by Crippen LogP contribution is -2.29. The van der Waals surface area contributed by atoms with Gasteiger partial charge in [-0.25, -0.2) is 13.7 Å². The van der Waals surface area contributed by atoms with Gasteiger partial charge in [0.15, 0.2) is 0 Å². The molecule has 0 aliphatic heterocycles. The van der Waals surface area contributed by atoms with Crippen LogP contribution in [0, 0.1) is 11.8 Å². The predicted molar refractivity (Wildman–Crippen MR) is 61.3 cm³/mol. The molecule has 14 heavy (non-hydrogen) atoms. The van der Waals surface area contributed by atoms with E-state index in [4.69, 9.17) is 5.14 Å². The second kappa shape index (κ2) is 4.62. The molecule has 0 amide bonds. The van der Waals surface area contributed by atoms with E-state index in [0.29, 0.717) is 0 Å². The molecule has 0 heterocycles. The normalized spacial score (nSPS) is 30.9. The predicted octanol–water partition coefficient (Wildman–Crippen LogP) is 2.17. The molecule has 2 N–H and O–H groups in total. The maximum atomic E-state index is 11.2. The highest BCUT2D eigenvalue weighted by Gasteiger charge is 2.28. The Bertz CT molecular complexity index is 278. The van der Waals surface area contributed by atoms with Gasteiger partial charge in [0, 0.05) is 6.26 Å². The van der Waals surface area contributed by atoms with Gasteiger partial charge < -0.3 is 0 Å². The highest BCUT2D eigenvalue weighted by atomic mass is 32.2. The molecule has 1 aliphatic rings. The Labute approximate surface area is 87.8 Å². The van der Waals surface area contributed by atoms with E-state index < -0.39 is 9.92 Å². The molecular weight excluding hydrogens is 196 g/mol. The minimum absolute atomic E-state index is 0.273. The fourth-order valence-electron chi connectivity index (χ4n) is 1.89. The van der Waals surface area contributed by atoms with Gasteiger partial charge in [-0.2, -0.15) is 0 Å². The number of hydrogen-bond donors (Lipinski definition) is 1. The zero-order chi connectivity index (χ0) is 10.8. The molecule has 1 saturated carbocycles. The van der Waals surface area contributed by atoms with Crippen molar-refractivity contribution in [2.45, 2.75) is 45.6 Å². The molecule has 0 aromatic rings. The molecule has 0 spiro atoms. The molecule has 3 nitrogen and oxygen atoms in total. The molecule has 1 unspecified atom stereocenters. The van der Waals surface area contributed by atoms with E-state index in [1.54, 1.807) is 0 Å². The molecule has 0 aromatic heterocycles. The first-order chi connectivity index (χ1) is 6.37. The Morgan fingerprint density at radius 3 is 2.50 bits per heavy atom. The standard InChI is InChI=1S/C10H22N2OS/c1-8(2)4-5-9-6-10(7-9)12-14(3,11)13/h8-10H,4-7H2,1-3H3,(H2,11,12,13). The number of hydrogen-bond acceptors (Lipinski definition) is 2. The van der Waals surface area contributed by atoms with Crippen molar-refractivity contribution in [3.05, 3.63) is 0 Å². The quantitative estimate of drug-likeness (QED) is 0.772. The first-order valence-corrected chi connectivity index (χ1v) is 7.34. The second-order valence-corrected chi connectivity index (χ2v) is 6.86. The topological polar surface area (TPSA) is 55.4 Å². The average Bonchev–Trinajstić information content (AvgIpc) is 1.90. The van der Waals surface area contributed by atoms with Crippen molar-refractivity contribution < 1.29 is 4.21 Å². The van der Waals surface area contributed by atoms with E-state index in [-0.39, 0.29) is 6.04 Å². The SMILES string of the molecule is CC(C)CCC1CC(N=S(C)(N)=O)C1. The van der Waals surface area contributed by atoms with Crippen LogP contribution in [0.5, 0.6) is 0 Å². The summed E-state index contributed by atoms with van der Waals surface area (Å²) in [5.41, 5.74) is 0. The van der Waals surface area contributed by atoms with Crippen molar-refractivity contribution in [2.75, 3.05) is 6.26 Å². The number of nitrogens with zero attached hydrogens (tertiary/aromatic N) is 1. The van der Waals surface area contributed by atoms with Crippen molar-refractivity contribution in [3.63, 3.8) is 0 Å². The van der Waals surface area contributed by atoms with Crippen LogP contribution < -0.4 is 5.14 Å². The van der Waals surface area contributed by atoms with Gasteiger partial charge in [0.2, 0.25) is 0 Å². The maximum absolute atomic E-state index is 11.2. The molecule has 1 atom stereocenters. The summed E-state index contributed by atoms with van der Waals surface area (Å²) in [5.74, 6) is 1.59. The minimum Gasteiger partial charge on any atom is -0.245 e. The monoisotopic (exact) mass is 218 g/mol. The number of nitrogens with two attached hydrogens (primary N) is 1. The second-order valence-electron chi connectivity index (χ2n) is 4.93. The van der Waals surface area contributed by atoms with Gasteiger partial charge in [0.05, 0.1) is 6.04 Å². The van der Waals surface area contributed by atoms with Crippen LogP contribution in [0.4, 0.5) is 0 Å². The minimum atomic E-state index is -2.36. The zero-order valence-corrected chi connectivity index (χ0v) is 10.2. The lowest BCUT2D eigenvalue weighted by Gasteiger charge is -2.33. The van der Waals surface area contributed by atoms with E-state index >= 15 is 0 Å². The molecule has 1 aliphatic carbocycles. The maximum Gasteiger partial charge on any atom is 0.102 e. The fourth-order valence-corrected chi connectivity index (χ4v) is 2.65. The fraction of sp³-hybridized carbons (Fsp3) is 1.00. The van der Waals surface area contributed by atoms with E-state index in [1.165, 1.54) is 19.1 Å². The van der Waals surface area contributed by atoms with Gasteiger partial charge in [0.1, 0.15) is 9.92 Å². The van der Waals surface area contributed by atoms with Crippen molar-refractivity contribution in [2.24, 2.45) is 21.3 Å². The van der Waals surface area contributed by atoms with Crippen LogP contribution >= 0.6 is 0 Å². The summed E-state index contributed by atoms with van der Waals surface area (Å²) in [6.45, 7) is 4.50. The van der Waals surface area contributed by atoms with Gasteiger partial charge in [0.25, 0.3) is 0 Å². The van der Waals surface area contributed by atoms with Crippen LogP contribution in [0.2, 0.25) is 0 Å².